The van der Waals surface area contributed by atoms with Gasteiger partial charge in [-0.3, -0.25) is 4.79 Å². The second kappa shape index (κ2) is 2.50. The van der Waals surface area contributed by atoms with E-state index in [0.29, 0.717) is 11.3 Å². The molecule has 11 heavy (non-hydrogen) atoms. The predicted molar refractivity (Wildman–Crippen MR) is 44.9 cm³/mol. The van der Waals surface area contributed by atoms with E-state index in [0.717, 1.165) is 12.8 Å². The van der Waals surface area contributed by atoms with Gasteiger partial charge >= 0.3 is 0 Å². The van der Waals surface area contributed by atoms with Crippen molar-refractivity contribution in [1.82, 2.24) is 0 Å². The SMILES string of the molecule is CC(C)(C)C1CC(C(N)=O)C1. The van der Waals surface area contributed by atoms with Crippen LogP contribution in [-0.2, 0) is 4.79 Å². The zero-order chi connectivity index (χ0) is 8.65. The van der Waals surface area contributed by atoms with Crippen molar-refractivity contribution in [3.63, 3.8) is 0 Å². The van der Waals surface area contributed by atoms with Crippen LogP contribution in [0, 0.1) is 17.3 Å². The molecule has 1 aliphatic rings. The molecule has 1 saturated carbocycles. The number of hydrogen-bond donors (Lipinski definition) is 1. The molecule has 0 heterocycles. The van der Waals surface area contributed by atoms with Crippen LogP contribution in [0.2, 0.25) is 0 Å². The van der Waals surface area contributed by atoms with E-state index in [1.54, 1.807) is 0 Å². The molecular formula is C9H17NO. The lowest BCUT2D eigenvalue weighted by Crippen LogP contribution is -2.40. The van der Waals surface area contributed by atoms with Crippen LogP contribution in [0.3, 0.4) is 0 Å². The fourth-order valence-electron chi connectivity index (χ4n) is 1.56. The molecule has 0 radical (unpaired) electrons. The van der Waals surface area contributed by atoms with Gasteiger partial charge in [-0.05, 0) is 24.2 Å². The molecule has 64 valence electrons. The normalized spacial score (nSPS) is 31.2. The summed E-state index contributed by atoms with van der Waals surface area (Å²) in [5.41, 5.74) is 5.52. The molecule has 0 aromatic carbocycles. The van der Waals surface area contributed by atoms with Gasteiger partial charge in [-0.1, -0.05) is 20.8 Å². The van der Waals surface area contributed by atoms with Crippen LogP contribution >= 0.6 is 0 Å². The summed E-state index contributed by atoms with van der Waals surface area (Å²) in [6, 6.07) is 0. The van der Waals surface area contributed by atoms with E-state index in [1.807, 2.05) is 0 Å². The van der Waals surface area contributed by atoms with E-state index >= 15 is 0 Å². The van der Waals surface area contributed by atoms with Crippen molar-refractivity contribution in [2.45, 2.75) is 33.6 Å². The summed E-state index contributed by atoms with van der Waals surface area (Å²) in [5, 5.41) is 0. The molecular weight excluding hydrogens is 138 g/mol. The highest BCUT2D eigenvalue weighted by Crippen LogP contribution is 2.44. The molecule has 1 aliphatic carbocycles. The molecule has 0 aliphatic heterocycles. The molecule has 0 aromatic rings. The highest BCUT2D eigenvalue weighted by atomic mass is 16.1. The molecule has 1 fully saturated rings. The van der Waals surface area contributed by atoms with Gasteiger partial charge in [0.15, 0.2) is 0 Å². The van der Waals surface area contributed by atoms with E-state index in [-0.39, 0.29) is 11.8 Å². The molecule has 2 heteroatoms. The third kappa shape index (κ3) is 1.73. The Morgan fingerprint density at radius 2 is 1.82 bits per heavy atom. The maximum Gasteiger partial charge on any atom is 0.220 e. The van der Waals surface area contributed by atoms with E-state index < -0.39 is 0 Å². The van der Waals surface area contributed by atoms with Crippen LogP contribution in [0.25, 0.3) is 0 Å². The van der Waals surface area contributed by atoms with Crippen LogP contribution in [0.5, 0.6) is 0 Å². The third-order valence-electron chi connectivity index (χ3n) is 2.77. The number of amides is 1. The molecule has 0 spiro atoms. The quantitative estimate of drug-likeness (QED) is 0.613. The minimum absolute atomic E-state index is 0.120. The van der Waals surface area contributed by atoms with Gasteiger partial charge in [-0.25, -0.2) is 0 Å². The highest BCUT2D eigenvalue weighted by molar-refractivity contribution is 5.77. The molecule has 2 nitrogen and oxygen atoms in total. The van der Waals surface area contributed by atoms with Gasteiger partial charge < -0.3 is 5.73 Å². The summed E-state index contributed by atoms with van der Waals surface area (Å²) in [6.45, 7) is 6.65. The lowest BCUT2D eigenvalue weighted by molar-refractivity contribution is -0.127. The number of carbonyl (C=O) groups is 1. The van der Waals surface area contributed by atoms with Crippen molar-refractivity contribution in [1.29, 1.82) is 0 Å². The Labute approximate surface area is 68.2 Å². The largest absolute Gasteiger partial charge is 0.369 e. The summed E-state index contributed by atoms with van der Waals surface area (Å²) in [4.78, 5) is 10.7. The zero-order valence-corrected chi connectivity index (χ0v) is 7.55. The monoisotopic (exact) mass is 155 g/mol. The number of nitrogens with two attached hydrogens (primary N) is 1. The summed E-state index contributed by atoms with van der Waals surface area (Å²) in [6.07, 6.45) is 2.00. The molecule has 1 rings (SSSR count). The van der Waals surface area contributed by atoms with Crippen LogP contribution in [-0.4, -0.2) is 5.91 Å². The van der Waals surface area contributed by atoms with Crippen molar-refractivity contribution >= 4 is 5.91 Å². The first-order valence-corrected chi connectivity index (χ1v) is 4.20. The standard InChI is InChI=1S/C9H17NO/c1-9(2,3)7-4-6(5-7)8(10)11/h6-7H,4-5H2,1-3H3,(H2,10,11). The summed E-state index contributed by atoms with van der Waals surface area (Å²) in [7, 11) is 0. The van der Waals surface area contributed by atoms with Crippen molar-refractivity contribution < 1.29 is 4.79 Å². The first-order valence-electron chi connectivity index (χ1n) is 4.20. The van der Waals surface area contributed by atoms with Crippen molar-refractivity contribution in [2.24, 2.45) is 23.0 Å². The average molecular weight is 155 g/mol. The lowest BCUT2D eigenvalue weighted by atomic mass is 9.63. The first-order chi connectivity index (χ1) is 4.91. The molecule has 0 aromatic heterocycles. The molecule has 0 unspecified atom stereocenters. The fraction of sp³-hybridized carbons (Fsp3) is 0.889. The van der Waals surface area contributed by atoms with Gasteiger partial charge in [0.25, 0.3) is 0 Å². The van der Waals surface area contributed by atoms with Crippen molar-refractivity contribution in [2.75, 3.05) is 0 Å². The second-order valence-electron chi connectivity index (χ2n) is 4.63. The Balaban J connectivity index is 2.35. The molecule has 1 amide bonds. The number of primary amides is 1. The van der Waals surface area contributed by atoms with E-state index in [2.05, 4.69) is 20.8 Å². The second-order valence-corrected chi connectivity index (χ2v) is 4.63. The maximum atomic E-state index is 10.7. The van der Waals surface area contributed by atoms with Gasteiger partial charge in [0, 0.05) is 5.92 Å². The van der Waals surface area contributed by atoms with E-state index in [4.69, 9.17) is 5.73 Å². The van der Waals surface area contributed by atoms with Gasteiger partial charge in [-0.2, -0.15) is 0 Å². The Bertz CT molecular complexity index is 163. The molecule has 0 saturated heterocycles. The average Bonchev–Trinajstić information content (AvgIpc) is 1.51. The number of hydrogen-bond acceptors (Lipinski definition) is 1. The van der Waals surface area contributed by atoms with E-state index in [9.17, 15) is 4.79 Å². The van der Waals surface area contributed by atoms with Crippen LogP contribution in [0.1, 0.15) is 33.6 Å². The molecule has 2 N–H and O–H groups in total. The summed E-state index contributed by atoms with van der Waals surface area (Å²) < 4.78 is 0. The zero-order valence-electron chi connectivity index (χ0n) is 7.55. The van der Waals surface area contributed by atoms with Gasteiger partial charge in [-0.15, -0.1) is 0 Å². The summed E-state index contributed by atoms with van der Waals surface area (Å²) >= 11 is 0. The minimum atomic E-state index is -0.120. The first kappa shape index (κ1) is 8.57. The Hall–Kier alpha value is -0.530. The summed E-state index contributed by atoms with van der Waals surface area (Å²) in [5.74, 6) is 0.740. The van der Waals surface area contributed by atoms with Crippen molar-refractivity contribution in [3.05, 3.63) is 0 Å². The minimum Gasteiger partial charge on any atom is -0.369 e. The predicted octanol–water partition coefficient (Wildman–Crippen LogP) is 1.54. The van der Waals surface area contributed by atoms with Crippen LogP contribution in [0.4, 0.5) is 0 Å². The molecule has 0 bridgehead atoms. The lowest BCUT2D eigenvalue weighted by Gasteiger charge is -2.42. The van der Waals surface area contributed by atoms with Gasteiger partial charge in [0.1, 0.15) is 0 Å². The smallest absolute Gasteiger partial charge is 0.220 e. The van der Waals surface area contributed by atoms with Gasteiger partial charge in [0.05, 0.1) is 0 Å². The third-order valence-corrected chi connectivity index (χ3v) is 2.77. The van der Waals surface area contributed by atoms with Crippen LogP contribution in [0.15, 0.2) is 0 Å². The Morgan fingerprint density at radius 1 is 1.36 bits per heavy atom. The Kier molecular flexibility index (Phi) is 1.95. The Morgan fingerprint density at radius 3 is 2.09 bits per heavy atom. The topological polar surface area (TPSA) is 43.1 Å². The number of rotatable bonds is 1. The maximum absolute atomic E-state index is 10.7. The van der Waals surface area contributed by atoms with Crippen molar-refractivity contribution in [3.8, 4) is 0 Å². The van der Waals surface area contributed by atoms with E-state index in [1.165, 1.54) is 0 Å². The van der Waals surface area contributed by atoms with Crippen LogP contribution < -0.4 is 5.73 Å². The highest BCUT2D eigenvalue weighted by Gasteiger charge is 2.39. The fourth-order valence-corrected chi connectivity index (χ4v) is 1.56. The van der Waals surface area contributed by atoms with Gasteiger partial charge in [0.2, 0.25) is 5.91 Å². The number of carbonyl (C=O) groups excluding carboxylic acids is 1. The molecule has 0 atom stereocenters.